The summed E-state index contributed by atoms with van der Waals surface area (Å²) in [7, 11) is 0. The maximum atomic E-state index is 13.8. The van der Waals surface area contributed by atoms with Crippen LogP contribution in [0.1, 0.15) is 29.2 Å². The second-order valence-electron chi connectivity index (χ2n) is 8.49. The summed E-state index contributed by atoms with van der Waals surface area (Å²) in [6.07, 6.45) is 1.99. The summed E-state index contributed by atoms with van der Waals surface area (Å²) in [5, 5.41) is 0. The van der Waals surface area contributed by atoms with E-state index in [4.69, 9.17) is 0 Å². The number of anilines is 2. The smallest absolute Gasteiger partial charge is 0.254 e. The number of amides is 2. The molecule has 3 aromatic carbocycles. The minimum atomic E-state index is -0.708. The van der Waals surface area contributed by atoms with Crippen LogP contribution in [0.4, 0.5) is 11.4 Å². The molecule has 4 rings (SSSR count). The molecule has 0 bridgehead atoms. The number of carbonyl (C=O) groups is 2. The quantitative estimate of drug-likeness (QED) is 0.558. The highest BCUT2D eigenvalue weighted by molar-refractivity contribution is 6.16. The van der Waals surface area contributed by atoms with Crippen molar-refractivity contribution in [1.82, 2.24) is 0 Å². The van der Waals surface area contributed by atoms with E-state index in [0.29, 0.717) is 0 Å². The molecule has 1 aliphatic heterocycles. The summed E-state index contributed by atoms with van der Waals surface area (Å²) in [6.45, 7) is 8.01. The molecule has 1 saturated heterocycles. The second-order valence-corrected chi connectivity index (χ2v) is 8.49. The zero-order valence-electron chi connectivity index (χ0n) is 19.0. The number of piperazine rings is 1. The first-order valence-electron chi connectivity index (χ1n) is 10.9. The normalized spacial score (nSPS) is 17.1. The Hall–Kier alpha value is -3.66. The molecule has 3 aromatic rings. The van der Waals surface area contributed by atoms with Crippen LogP contribution in [0, 0.1) is 20.8 Å². The molecule has 1 fully saturated rings. The lowest BCUT2D eigenvalue weighted by Crippen LogP contribution is -2.61. The van der Waals surface area contributed by atoms with Gasteiger partial charge < -0.3 is 4.90 Å². The van der Waals surface area contributed by atoms with Crippen LogP contribution in [-0.2, 0) is 9.59 Å². The summed E-state index contributed by atoms with van der Waals surface area (Å²) < 4.78 is 0. The highest BCUT2D eigenvalue weighted by Gasteiger charge is 2.41. The van der Waals surface area contributed by atoms with Crippen molar-refractivity contribution in [3.05, 3.63) is 101 Å². The highest BCUT2D eigenvalue weighted by Crippen LogP contribution is 2.31. The lowest BCUT2D eigenvalue weighted by atomic mass is 9.98. The van der Waals surface area contributed by atoms with Gasteiger partial charge in [0.25, 0.3) is 5.91 Å². The topological polar surface area (TPSA) is 40.6 Å². The third-order valence-corrected chi connectivity index (χ3v) is 6.06. The van der Waals surface area contributed by atoms with Gasteiger partial charge in [-0.3, -0.25) is 14.5 Å². The van der Waals surface area contributed by atoms with Crippen molar-refractivity contribution < 1.29 is 9.59 Å². The van der Waals surface area contributed by atoms with E-state index in [1.165, 1.54) is 0 Å². The van der Waals surface area contributed by atoms with Gasteiger partial charge in [0.1, 0.15) is 12.6 Å². The molecule has 1 aliphatic rings. The molecule has 0 saturated carbocycles. The summed E-state index contributed by atoms with van der Waals surface area (Å²) >= 11 is 0. The zero-order chi connectivity index (χ0) is 22.8. The van der Waals surface area contributed by atoms with E-state index in [1.54, 1.807) is 9.80 Å². The molecule has 0 aromatic heterocycles. The summed E-state index contributed by atoms with van der Waals surface area (Å²) in [4.78, 5) is 30.5. The average molecular weight is 425 g/mol. The Morgan fingerprint density at radius 3 is 2.16 bits per heavy atom. The average Bonchev–Trinajstić information content (AvgIpc) is 2.78. The Labute approximate surface area is 189 Å². The van der Waals surface area contributed by atoms with Crippen molar-refractivity contribution in [2.75, 3.05) is 16.3 Å². The first kappa shape index (κ1) is 21.6. The third kappa shape index (κ3) is 4.22. The highest BCUT2D eigenvalue weighted by atomic mass is 16.2. The van der Waals surface area contributed by atoms with Gasteiger partial charge in [-0.2, -0.15) is 0 Å². The fraction of sp³-hybridized carbons (Fsp3) is 0.214. The SMILES string of the molecule is C/C(=C\c1ccccc1)C1C(=O)N(c2ccc(C)c(C)c2)CC(=O)N1c1ccc(C)cc1. The maximum Gasteiger partial charge on any atom is 0.254 e. The lowest BCUT2D eigenvalue weighted by molar-refractivity contribution is -0.127. The number of nitrogens with zero attached hydrogens (tertiary/aromatic N) is 2. The molecule has 1 unspecified atom stereocenters. The van der Waals surface area contributed by atoms with E-state index in [9.17, 15) is 9.59 Å². The standard InChI is InChI=1S/C28H28N2O2/c1-19-10-13-24(14-11-19)30-26(31)18-29(25-15-12-20(2)21(3)17-25)28(32)27(30)22(4)16-23-8-6-5-7-9-23/h5-17,27H,18H2,1-4H3/b22-16+. The molecule has 0 N–H and O–H groups in total. The van der Waals surface area contributed by atoms with Crippen molar-refractivity contribution in [3.8, 4) is 0 Å². The van der Waals surface area contributed by atoms with Crippen LogP contribution in [0.2, 0.25) is 0 Å². The van der Waals surface area contributed by atoms with Gasteiger partial charge in [0, 0.05) is 11.4 Å². The van der Waals surface area contributed by atoms with E-state index in [2.05, 4.69) is 0 Å². The lowest BCUT2D eigenvalue weighted by Gasteiger charge is -2.41. The van der Waals surface area contributed by atoms with E-state index < -0.39 is 6.04 Å². The van der Waals surface area contributed by atoms with Crippen molar-refractivity contribution in [2.45, 2.75) is 33.7 Å². The number of benzene rings is 3. The van der Waals surface area contributed by atoms with E-state index in [0.717, 1.165) is 39.2 Å². The Bertz CT molecular complexity index is 1180. The molecule has 1 atom stereocenters. The van der Waals surface area contributed by atoms with E-state index in [-0.39, 0.29) is 18.4 Å². The van der Waals surface area contributed by atoms with Crippen LogP contribution < -0.4 is 9.80 Å². The van der Waals surface area contributed by atoms with Gasteiger partial charge in [0.05, 0.1) is 0 Å². The molecular formula is C28H28N2O2. The molecule has 4 heteroatoms. The maximum absolute atomic E-state index is 13.8. The second kappa shape index (κ2) is 8.83. The predicted molar refractivity (Wildman–Crippen MR) is 131 cm³/mol. The molecule has 0 radical (unpaired) electrons. The van der Waals surface area contributed by atoms with Crippen LogP contribution in [0.15, 0.2) is 78.4 Å². The Kier molecular flexibility index (Phi) is 5.95. The number of aryl methyl sites for hydroxylation is 3. The van der Waals surface area contributed by atoms with Gasteiger partial charge >= 0.3 is 0 Å². The third-order valence-electron chi connectivity index (χ3n) is 6.06. The summed E-state index contributed by atoms with van der Waals surface area (Å²) in [6, 6.07) is 22.8. The first-order valence-corrected chi connectivity index (χ1v) is 10.9. The van der Waals surface area contributed by atoms with Crippen LogP contribution in [0.5, 0.6) is 0 Å². The molecule has 4 nitrogen and oxygen atoms in total. The zero-order valence-corrected chi connectivity index (χ0v) is 19.0. The van der Waals surface area contributed by atoms with Gasteiger partial charge in [-0.15, -0.1) is 0 Å². The molecular weight excluding hydrogens is 396 g/mol. The Morgan fingerprint density at radius 1 is 0.844 bits per heavy atom. The van der Waals surface area contributed by atoms with Gasteiger partial charge in [0.15, 0.2) is 0 Å². The minimum absolute atomic E-state index is 0.0182. The Balaban J connectivity index is 1.80. The van der Waals surface area contributed by atoms with Crippen molar-refractivity contribution in [2.24, 2.45) is 0 Å². The van der Waals surface area contributed by atoms with Crippen molar-refractivity contribution in [1.29, 1.82) is 0 Å². The molecule has 1 heterocycles. The largest absolute Gasteiger partial charge is 0.301 e. The number of rotatable bonds is 4. The van der Waals surface area contributed by atoms with Crippen LogP contribution in [-0.4, -0.2) is 24.4 Å². The predicted octanol–water partition coefficient (Wildman–Crippen LogP) is 5.46. The summed E-state index contributed by atoms with van der Waals surface area (Å²) in [5.41, 5.74) is 6.67. The van der Waals surface area contributed by atoms with Crippen LogP contribution in [0.3, 0.4) is 0 Å². The molecule has 162 valence electrons. The Morgan fingerprint density at radius 2 is 1.50 bits per heavy atom. The molecule has 2 amide bonds. The minimum Gasteiger partial charge on any atom is -0.301 e. The van der Waals surface area contributed by atoms with E-state index >= 15 is 0 Å². The van der Waals surface area contributed by atoms with Crippen LogP contribution in [0.25, 0.3) is 6.08 Å². The fourth-order valence-electron chi connectivity index (χ4n) is 4.09. The van der Waals surface area contributed by atoms with Crippen molar-refractivity contribution >= 4 is 29.3 Å². The molecule has 0 spiro atoms. The number of carbonyl (C=O) groups excluding carboxylic acids is 2. The molecule has 0 aliphatic carbocycles. The molecule has 32 heavy (non-hydrogen) atoms. The van der Waals surface area contributed by atoms with Gasteiger partial charge in [-0.05, 0) is 74.2 Å². The van der Waals surface area contributed by atoms with Crippen LogP contribution >= 0.6 is 0 Å². The van der Waals surface area contributed by atoms with Gasteiger partial charge in [-0.1, -0.05) is 60.2 Å². The van der Waals surface area contributed by atoms with Crippen molar-refractivity contribution in [3.63, 3.8) is 0 Å². The number of hydrogen-bond acceptors (Lipinski definition) is 2. The van der Waals surface area contributed by atoms with E-state index in [1.807, 2.05) is 107 Å². The number of hydrogen-bond donors (Lipinski definition) is 0. The fourth-order valence-corrected chi connectivity index (χ4v) is 4.09. The first-order chi connectivity index (χ1) is 15.3. The monoisotopic (exact) mass is 424 g/mol. The van der Waals surface area contributed by atoms with Gasteiger partial charge in [0.2, 0.25) is 5.91 Å². The summed E-state index contributed by atoms with van der Waals surface area (Å²) in [5.74, 6) is -0.199. The van der Waals surface area contributed by atoms with Gasteiger partial charge in [-0.25, -0.2) is 0 Å².